The molecule has 0 spiro atoms. The summed E-state index contributed by atoms with van der Waals surface area (Å²) in [7, 11) is 0. The van der Waals surface area contributed by atoms with E-state index in [9.17, 15) is 0 Å². The Morgan fingerprint density at radius 3 is 0.697 bits per heavy atom. The van der Waals surface area contributed by atoms with Crippen molar-refractivity contribution in [1.82, 2.24) is 0 Å². The first-order valence-electron chi connectivity index (χ1n) is 50.4. The van der Waals surface area contributed by atoms with Crippen LogP contribution >= 0.6 is 0 Å². The molecule has 664 valence electrons. The highest BCUT2D eigenvalue weighted by Gasteiger charge is 2.34. The summed E-state index contributed by atoms with van der Waals surface area (Å²) in [6.07, 6.45) is 10.8. The molecule has 0 unspecified atom stereocenters. The second kappa shape index (κ2) is 44.1. The zero-order valence-electron chi connectivity index (χ0n) is 82.4. The van der Waals surface area contributed by atoms with Crippen LogP contribution in [0, 0.1) is 0 Å². The maximum atomic E-state index is 2.43. The zero-order chi connectivity index (χ0) is 93.2. The topological polar surface area (TPSA) is 0 Å². The van der Waals surface area contributed by atoms with Gasteiger partial charge < -0.3 is 0 Å². The van der Waals surface area contributed by atoms with Crippen LogP contribution in [0.4, 0.5) is 0 Å². The molecule has 0 heteroatoms. The van der Waals surface area contributed by atoms with Crippen LogP contribution in [0.3, 0.4) is 0 Å². The lowest BCUT2D eigenvalue weighted by atomic mass is 9.95. The van der Waals surface area contributed by atoms with Crippen LogP contribution in [0.1, 0.15) is 250 Å². The molecule has 0 nitrogen and oxygen atoms in total. The SMILES string of the molecule is CC.CC.CC.CC.CC.CC.CC.CC.CC.CC.c1ccc2c(c1)Cc1c-2ccc2c1Cc1c-2ccc2ccccc12.c1ccc2c(c1)Cc1c-2ccc2c1Cc1cc3ccccc3cc1-2.c1ccc2c(c1)Cc1c-2ccc2c1Cc1ccc3ccccc3c1-2.c1ccc2c(c1)Cc1c-2ccc2c1Cc1ccccc1-2.c1ccc2c(c1)Cc1cc3c(cc1-2)Cc1ccccc1-3. The third-order valence-electron chi connectivity index (χ3n) is 26.8. The van der Waals surface area contributed by atoms with Gasteiger partial charge in [0.25, 0.3) is 0 Å². The fourth-order valence-corrected chi connectivity index (χ4v) is 21.6. The standard InChI is InChI=1S/3C24H16.2C20H14.10C2H6/c1-4-8-19-15(5-1)9-10-17-14-23-21(24(17)19)12-11-20-18-7-3-2-6-16(18)13-22(20)23;1-3-7-17-15(5-1)9-10-20-21-12-11-19-18-8-4-2-6-16(18)13-22(19)24(21)14-23(17)20;1-2-6-16-12-22-18(11-15(16)5-1)14-24-21(22)10-9-20-19-8-4-3-7-17(19)13-23(20)24;1-3-7-17-13(5-1)9-15-11-20-16(12-19(15)17)10-14-6-2-4-8-18(14)20;1-3-7-15-13(5-1)11-19-17(15)9-10-18-16-8-4-2-6-14(16)12-20(18)19;10*1-2/h3*1-12H,13-14H2;1-8,11-12H,9-10H2;1-10H,11-12H2;10*1-2H3. The zero-order valence-corrected chi connectivity index (χ0v) is 82.4. The summed E-state index contributed by atoms with van der Waals surface area (Å²) in [6.45, 7) is 40.0. The first-order chi connectivity index (χ1) is 65.5. The van der Waals surface area contributed by atoms with Crippen LogP contribution < -0.4 is 0 Å². The van der Waals surface area contributed by atoms with Gasteiger partial charge in [-0.15, -0.1) is 0 Å². The Morgan fingerprint density at radius 2 is 0.326 bits per heavy atom. The Labute approximate surface area is 791 Å². The predicted octanol–water partition coefficient (Wildman–Crippen LogP) is 37.9. The Morgan fingerprint density at radius 1 is 0.114 bits per heavy atom. The quantitative estimate of drug-likeness (QED) is 0.142. The molecule has 0 aromatic heterocycles. The van der Waals surface area contributed by atoms with Crippen LogP contribution in [-0.2, 0) is 64.2 Å². The highest BCUT2D eigenvalue weighted by Crippen LogP contribution is 2.54. The number of hydrogen-bond acceptors (Lipinski definition) is 0. The van der Waals surface area contributed by atoms with E-state index in [4.69, 9.17) is 0 Å². The lowest BCUT2D eigenvalue weighted by molar-refractivity contribution is 1.16. The van der Waals surface area contributed by atoms with Crippen molar-refractivity contribution in [2.45, 2.75) is 203 Å². The minimum atomic E-state index is 1.07. The third kappa shape index (κ3) is 17.5. The smallest absolute Gasteiger partial charge is 0.000421 e. The van der Waals surface area contributed by atoms with Crippen molar-refractivity contribution in [1.29, 1.82) is 0 Å². The third-order valence-corrected chi connectivity index (χ3v) is 26.8. The van der Waals surface area contributed by atoms with Crippen LogP contribution in [0.5, 0.6) is 0 Å². The van der Waals surface area contributed by atoms with Crippen molar-refractivity contribution in [3.63, 3.8) is 0 Å². The second-order valence-electron chi connectivity index (χ2n) is 32.5. The summed E-state index contributed by atoms with van der Waals surface area (Å²) < 4.78 is 0. The molecular weight excluding hydrogens is 1590 g/mol. The minimum Gasteiger partial charge on any atom is -0.0683 e. The molecule has 0 N–H and O–H groups in total. The van der Waals surface area contributed by atoms with Crippen molar-refractivity contribution in [2.75, 3.05) is 0 Å². The van der Waals surface area contributed by atoms with E-state index in [0.717, 1.165) is 64.2 Å². The fourth-order valence-electron chi connectivity index (χ4n) is 21.6. The van der Waals surface area contributed by atoms with Gasteiger partial charge in [0, 0.05) is 0 Å². The van der Waals surface area contributed by atoms with Crippen LogP contribution in [-0.4, -0.2) is 0 Å². The number of benzene rings is 18. The molecule has 132 heavy (non-hydrogen) atoms. The Balaban J connectivity index is 0.000000127. The van der Waals surface area contributed by atoms with E-state index in [1.54, 1.807) is 44.5 Å². The van der Waals surface area contributed by atoms with Gasteiger partial charge in [-0.25, -0.2) is 0 Å². The van der Waals surface area contributed by atoms with Gasteiger partial charge in [0.05, 0.1) is 0 Å². The molecular formula is C132H136. The van der Waals surface area contributed by atoms with Crippen molar-refractivity contribution < 1.29 is 0 Å². The Kier molecular flexibility index (Phi) is 31.7. The van der Waals surface area contributed by atoms with Gasteiger partial charge in [-0.2, -0.15) is 0 Å². The lowest BCUT2D eigenvalue weighted by Crippen LogP contribution is -1.91. The molecule has 0 heterocycles. The van der Waals surface area contributed by atoms with E-state index < -0.39 is 0 Å². The van der Waals surface area contributed by atoms with Crippen molar-refractivity contribution >= 4 is 32.3 Å². The van der Waals surface area contributed by atoms with E-state index in [1.807, 2.05) is 138 Å². The van der Waals surface area contributed by atoms with Crippen LogP contribution in [0.25, 0.3) is 144 Å². The molecule has 0 saturated carbocycles. The van der Waals surface area contributed by atoms with E-state index in [0.29, 0.717) is 0 Å². The summed E-state index contributed by atoms with van der Waals surface area (Å²) >= 11 is 0. The highest BCUT2D eigenvalue weighted by molar-refractivity contribution is 6.03. The van der Waals surface area contributed by atoms with E-state index >= 15 is 0 Å². The maximum absolute atomic E-state index is 2.43. The largest absolute Gasteiger partial charge is 0.0683 e. The van der Waals surface area contributed by atoms with Gasteiger partial charge in [-0.05, 0) is 337 Å². The summed E-state index contributed by atoms with van der Waals surface area (Å²) in [5.74, 6) is 0. The number of hydrogen-bond donors (Lipinski definition) is 0. The van der Waals surface area contributed by atoms with Gasteiger partial charge in [-0.3, -0.25) is 0 Å². The van der Waals surface area contributed by atoms with E-state index in [1.165, 1.54) is 210 Å². The molecule has 0 saturated heterocycles. The van der Waals surface area contributed by atoms with Crippen molar-refractivity contribution in [3.05, 3.63) is 451 Å². The normalized spacial score (nSPS) is 11.9. The average Bonchev–Trinajstić information content (AvgIpc) is 1.58. The molecule has 0 amide bonds. The minimum absolute atomic E-state index is 1.07. The summed E-state index contributed by atoms with van der Waals surface area (Å²) in [6, 6.07) is 126. The molecule has 10 aliphatic carbocycles. The fraction of sp³-hybridized carbons (Fsp3) is 0.227. The molecule has 10 aliphatic rings. The average molecular weight is 1720 g/mol. The van der Waals surface area contributed by atoms with Gasteiger partial charge in [-0.1, -0.05) is 460 Å². The number of rotatable bonds is 0. The van der Waals surface area contributed by atoms with E-state index in [2.05, 4.69) is 340 Å². The first-order valence-corrected chi connectivity index (χ1v) is 50.4. The Bertz CT molecular complexity index is 6940. The van der Waals surface area contributed by atoms with Gasteiger partial charge >= 0.3 is 0 Å². The maximum Gasteiger partial charge on any atom is -0.000421 e. The monoisotopic (exact) mass is 1720 g/mol. The summed E-state index contributed by atoms with van der Waals surface area (Å²) in [4.78, 5) is 0. The molecule has 28 rings (SSSR count). The predicted molar refractivity (Wildman–Crippen MR) is 581 cm³/mol. The molecule has 0 aliphatic heterocycles. The molecule has 0 bridgehead atoms. The first kappa shape index (κ1) is 94.8. The molecule has 18 aromatic rings. The summed E-state index contributed by atoms with van der Waals surface area (Å²) in [5, 5.41) is 8.19. The van der Waals surface area contributed by atoms with E-state index in [-0.39, 0.29) is 0 Å². The van der Waals surface area contributed by atoms with Crippen LogP contribution in [0.2, 0.25) is 0 Å². The second-order valence-corrected chi connectivity index (χ2v) is 32.5. The summed E-state index contributed by atoms with van der Waals surface area (Å²) in [5.41, 5.74) is 59.0. The van der Waals surface area contributed by atoms with Crippen LogP contribution in [0.15, 0.2) is 340 Å². The van der Waals surface area contributed by atoms with Gasteiger partial charge in [0.2, 0.25) is 0 Å². The molecule has 18 aromatic carbocycles. The Hall–Kier alpha value is -13.3. The number of fused-ring (bicyclic) bond motifs is 39. The van der Waals surface area contributed by atoms with Gasteiger partial charge in [0.1, 0.15) is 0 Å². The lowest BCUT2D eigenvalue weighted by Gasteiger charge is -2.09. The van der Waals surface area contributed by atoms with Crippen molar-refractivity contribution in [3.8, 4) is 111 Å². The highest BCUT2D eigenvalue weighted by atomic mass is 14.4. The molecule has 0 fully saturated rings. The van der Waals surface area contributed by atoms with Gasteiger partial charge in [0.15, 0.2) is 0 Å². The molecule has 0 radical (unpaired) electrons. The van der Waals surface area contributed by atoms with Crippen molar-refractivity contribution in [2.24, 2.45) is 0 Å². The molecule has 0 atom stereocenters.